The Bertz CT molecular complexity index is 1110. The monoisotopic (exact) mass is 375 g/mol. The molecule has 0 spiro atoms. The predicted octanol–water partition coefficient (Wildman–Crippen LogP) is 3.23. The summed E-state index contributed by atoms with van der Waals surface area (Å²) in [6.45, 7) is 1.42. The molecule has 27 heavy (non-hydrogen) atoms. The van der Waals surface area contributed by atoms with Gasteiger partial charge in [0.05, 0.1) is 23.5 Å². The molecule has 4 heterocycles. The molecule has 1 amide bonds. The lowest BCUT2D eigenvalue weighted by atomic mass is 10.2. The van der Waals surface area contributed by atoms with E-state index in [1.807, 2.05) is 59.4 Å². The average Bonchev–Trinajstić information content (AvgIpc) is 3.40. The van der Waals surface area contributed by atoms with Gasteiger partial charge in [-0.15, -0.1) is 0 Å². The molecule has 1 aliphatic rings. The standard InChI is InChI=1S/C20H17N5OS/c26-19(21-10-16-12-24-8-9-27-20(24)22-16)15-6-7-18-23-17(13-25(18)11-15)14-4-2-1-3-5-14/h1-7,11-13H,8-10H2,(H,21,26). The minimum Gasteiger partial charge on any atom is -0.346 e. The number of aromatic nitrogens is 4. The van der Waals surface area contributed by atoms with E-state index in [4.69, 9.17) is 0 Å². The van der Waals surface area contributed by atoms with Crippen molar-refractivity contribution in [3.05, 3.63) is 72.3 Å². The molecule has 1 aliphatic heterocycles. The summed E-state index contributed by atoms with van der Waals surface area (Å²) in [7, 11) is 0. The summed E-state index contributed by atoms with van der Waals surface area (Å²) in [6, 6.07) is 13.7. The molecule has 7 heteroatoms. The van der Waals surface area contributed by atoms with Crippen LogP contribution in [0, 0.1) is 0 Å². The quantitative estimate of drug-likeness (QED) is 0.595. The number of amides is 1. The van der Waals surface area contributed by atoms with Crippen LogP contribution in [-0.2, 0) is 13.1 Å². The molecule has 0 atom stereocenters. The van der Waals surface area contributed by atoms with E-state index in [1.54, 1.807) is 17.8 Å². The number of carbonyl (C=O) groups excluding carboxylic acids is 1. The van der Waals surface area contributed by atoms with Crippen molar-refractivity contribution in [3.8, 4) is 11.3 Å². The highest BCUT2D eigenvalue weighted by Gasteiger charge is 2.15. The number of imidazole rings is 2. The Labute approximate surface area is 160 Å². The molecule has 1 aromatic carbocycles. The Morgan fingerprint density at radius 1 is 1.07 bits per heavy atom. The van der Waals surface area contributed by atoms with Gasteiger partial charge in [-0.05, 0) is 12.1 Å². The number of pyridine rings is 1. The van der Waals surface area contributed by atoms with Crippen molar-refractivity contribution in [1.29, 1.82) is 0 Å². The number of nitrogens with zero attached hydrogens (tertiary/aromatic N) is 4. The first-order valence-electron chi connectivity index (χ1n) is 8.77. The third kappa shape index (κ3) is 3.10. The number of hydrogen-bond acceptors (Lipinski definition) is 4. The fourth-order valence-electron chi connectivity index (χ4n) is 3.19. The molecule has 5 rings (SSSR count). The minimum absolute atomic E-state index is 0.118. The van der Waals surface area contributed by atoms with Gasteiger partial charge in [0.25, 0.3) is 5.91 Å². The van der Waals surface area contributed by atoms with Gasteiger partial charge < -0.3 is 14.3 Å². The lowest BCUT2D eigenvalue weighted by molar-refractivity contribution is 0.0950. The smallest absolute Gasteiger partial charge is 0.253 e. The minimum atomic E-state index is -0.118. The van der Waals surface area contributed by atoms with E-state index >= 15 is 0 Å². The van der Waals surface area contributed by atoms with Crippen LogP contribution in [0.5, 0.6) is 0 Å². The summed E-state index contributed by atoms with van der Waals surface area (Å²) in [5.74, 6) is 0.956. The second kappa shape index (κ2) is 6.59. The highest BCUT2D eigenvalue weighted by Crippen LogP contribution is 2.24. The van der Waals surface area contributed by atoms with E-state index in [0.29, 0.717) is 12.1 Å². The van der Waals surface area contributed by atoms with Gasteiger partial charge in [-0.25, -0.2) is 9.97 Å². The Hall–Kier alpha value is -3.06. The van der Waals surface area contributed by atoms with Crippen molar-refractivity contribution in [2.24, 2.45) is 0 Å². The van der Waals surface area contributed by atoms with Crippen molar-refractivity contribution >= 4 is 23.3 Å². The molecular weight excluding hydrogens is 358 g/mol. The van der Waals surface area contributed by atoms with Crippen molar-refractivity contribution in [2.75, 3.05) is 5.75 Å². The van der Waals surface area contributed by atoms with Gasteiger partial charge in [-0.3, -0.25) is 4.79 Å². The molecule has 4 aromatic rings. The zero-order chi connectivity index (χ0) is 18.2. The highest BCUT2D eigenvalue weighted by molar-refractivity contribution is 7.99. The predicted molar refractivity (Wildman–Crippen MR) is 105 cm³/mol. The number of rotatable bonds is 4. The summed E-state index contributed by atoms with van der Waals surface area (Å²) < 4.78 is 4.02. The van der Waals surface area contributed by atoms with Crippen LogP contribution in [0.1, 0.15) is 16.1 Å². The number of fused-ring (bicyclic) bond motifs is 2. The Morgan fingerprint density at radius 2 is 1.96 bits per heavy atom. The molecule has 0 fully saturated rings. The molecule has 0 radical (unpaired) electrons. The first-order valence-corrected chi connectivity index (χ1v) is 9.76. The number of thioether (sulfide) groups is 1. The van der Waals surface area contributed by atoms with E-state index in [-0.39, 0.29) is 5.91 Å². The molecule has 3 aromatic heterocycles. The Morgan fingerprint density at radius 3 is 2.81 bits per heavy atom. The second-order valence-electron chi connectivity index (χ2n) is 6.41. The van der Waals surface area contributed by atoms with Crippen molar-refractivity contribution < 1.29 is 4.79 Å². The van der Waals surface area contributed by atoms with Crippen LogP contribution in [0.15, 0.2) is 66.2 Å². The second-order valence-corrected chi connectivity index (χ2v) is 7.48. The number of hydrogen-bond donors (Lipinski definition) is 1. The third-order valence-corrected chi connectivity index (χ3v) is 5.54. The maximum absolute atomic E-state index is 12.5. The van der Waals surface area contributed by atoms with E-state index in [9.17, 15) is 4.79 Å². The van der Waals surface area contributed by atoms with E-state index in [0.717, 1.165) is 40.1 Å². The zero-order valence-electron chi connectivity index (χ0n) is 14.5. The molecule has 0 saturated carbocycles. The van der Waals surface area contributed by atoms with Crippen LogP contribution in [0.25, 0.3) is 16.9 Å². The first-order chi connectivity index (χ1) is 13.3. The van der Waals surface area contributed by atoms with Gasteiger partial charge in [0, 0.05) is 36.5 Å². The maximum Gasteiger partial charge on any atom is 0.253 e. The number of nitrogens with one attached hydrogen (secondary N) is 1. The number of carbonyl (C=O) groups is 1. The fraction of sp³-hybridized carbons (Fsp3) is 0.150. The molecule has 0 aliphatic carbocycles. The lowest BCUT2D eigenvalue weighted by Gasteiger charge is -2.04. The molecule has 134 valence electrons. The van der Waals surface area contributed by atoms with Crippen LogP contribution in [-0.4, -0.2) is 30.6 Å². The van der Waals surface area contributed by atoms with Gasteiger partial charge in [0.1, 0.15) is 5.65 Å². The van der Waals surface area contributed by atoms with E-state index in [1.165, 1.54) is 0 Å². The van der Waals surface area contributed by atoms with Crippen LogP contribution in [0.4, 0.5) is 0 Å². The van der Waals surface area contributed by atoms with Crippen molar-refractivity contribution in [2.45, 2.75) is 18.2 Å². The normalized spacial score (nSPS) is 13.0. The maximum atomic E-state index is 12.5. The largest absolute Gasteiger partial charge is 0.346 e. The summed E-state index contributed by atoms with van der Waals surface area (Å²) in [6.07, 6.45) is 5.77. The van der Waals surface area contributed by atoms with Gasteiger partial charge in [-0.2, -0.15) is 0 Å². The molecule has 1 N–H and O–H groups in total. The molecule has 0 unspecified atom stereocenters. The third-order valence-electron chi connectivity index (χ3n) is 4.57. The Balaban J connectivity index is 1.33. The van der Waals surface area contributed by atoms with Crippen molar-refractivity contribution in [1.82, 2.24) is 24.3 Å². The van der Waals surface area contributed by atoms with Gasteiger partial charge >= 0.3 is 0 Å². The summed E-state index contributed by atoms with van der Waals surface area (Å²) in [5.41, 5.74) is 4.24. The zero-order valence-corrected chi connectivity index (χ0v) is 15.3. The summed E-state index contributed by atoms with van der Waals surface area (Å²) >= 11 is 1.75. The number of aryl methyl sites for hydroxylation is 1. The molecule has 6 nitrogen and oxygen atoms in total. The highest BCUT2D eigenvalue weighted by atomic mass is 32.2. The topological polar surface area (TPSA) is 64.2 Å². The van der Waals surface area contributed by atoms with E-state index in [2.05, 4.69) is 19.9 Å². The fourth-order valence-corrected chi connectivity index (χ4v) is 4.16. The van der Waals surface area contributed by atoms with Gasteiger partial charge in [0.2, 0.25) is 0 Å². The number of benzene rings is 1. The first kappa shape index (κ1) is 16.1. The van der Waals surface area contributed by atoms with Crippen molar-refractivity contribution in [3.63, 3.8) is 0 Å². The van der Waals surface area contributed by atoms with Crippen LogP contribution < -0.4 is 5.32 Å². The Kier molecular flexibility index (Phi) is 3.94. The lowest BCUT2D eigenvalue weighted by Crippen LogP contribution is -2.23. The molecule has 0 bridgehead atoms. The van der Waals surface area contributed by atoms with Gasteiger partial charge in [0.15, 0.2) is 5.16 Å². The van der Waals surface area contributed by atoms with Crippen LogP contribution in [0.2, 0.25) is 0 Å². The SMILES string of the molecule is O=C(NCc1cn2c(n1)SCC2)c1ccc2nc(-c3ccccc3)cn2c1. The average molecular weight is 375 g/mol. The van der Waals surface area contributed by atoms with Crippen LogP contribution in [0.3, 0.4) is 0 Å². The van der Waals surface area contributed by atoms with E-state index < -0.39 is 0 Å². The van der Waals surface area contributed by atoms with Gasteiger partial charge in [-0.1, -0.05) is 42.1 Å². The molecule has 0 saturated heterocycles. The molecular formula is C20H17N5OS. The van der Waals surface area contributed by atoms with Crippen LogP contribution >= 0.6 is 11.8 Å². The summed E-state index contributed by atoms with van der Waals surface area (Å²) in [4.78, 5) is 21.7. The summed E-state index contributed by atoms with van der Waals surface area (Å²) in [5, 5.41) is 3.98.